The Kier molecular flexibility index (Phi) is 7.89. The zero-order valence-corrected chi connectivity index (χ0v) is 28.2. The van der Waals surface area contributed by atoms with Gasteiger partial charge in [-0.05, 0) is 79.9 Å². The molecule has 7 N–H and O–H groups in total. The number of allylic oxidation sites excluding steroid dienone is 3. The molecule has 0 aromatic rings. The summed E-state index contributed by atoms with van der Waals surface area (Å²) in [6, 6.07) is 0. The number of likely N-dealkylation sites (N-methyl/N-ethyl adjacent to an activating group) is 1. The number of carbonyl (C=O) groups excluding carboxylic acids is 2. The van der Waals surface area contributed by atoms with Crippen molar-refractivity contribution in [2.45, 2.75) is 94.7 Å². The number of hydrogen-bond donors (Lipinski definition) is 7. The fourth-order valence-electron chi connectivity index (χ4n) is 12.7. The zero-order valence-electron chi connectivity index (χ0n) is 28.2. The number of aliphatic hydroxyl groups excluding tert-OH is 2. The minimum Gasteiger partial charge on any atom is -0.450 e. The van der Waals surface area contributed by atoms with Crippen LogP contribution in [-0.4, -0.2) is 100 Å². The Morgan fingerprint density at radius 1 is 1.06 bits per heavy atom. The summed E-state index contributed by atoms with van der Waals surface area (Å²) in [7, 11) is 1.88. The molecule has 0 saturated heterocycles. The van der Waals surface area contributed by atoms with Crippen LogP contribution < -0.4 is 10.6 Å². The fourth-order valence-corrected chi connectivity index (χ4v) is 12.7. The number of fused-ring (bicyclic) bond motifs is 6. The van der Waals surface area contributed by atoms with Gasteiger partial charge in [0.05, 0.1) is 29.3 Å². The molecule has 10 heteroatoms. The van der Waals surface area contributed by atoms with E-state index in [-0.39, 0.29) is 25.9 Å². The number of carbonyl (C=O) groups is 2. The first-order chi connectivity index (χ1) is 22.2. The van der Waals surface area contributed by atoms with Crippen LogP contribution in [0.4, 0.5) is 0 Å². The number of esters is 1. The van der Waals surface area contributed by atoms with Gasteiger partial charge >= 0.3 is 5.97 Å². The lowest BCUT2D eigenvalue weighted by atomic mass is 9.32. The molecule has 10 nitrogen and oxygen atoms in total. The van der Waals surface area contributed by atoms with E-state index in [4.69, 9.17) is 4.74 Å². The van der Waals surface area contributed by atoms with Crippen LogP contribution in [0.2, 0.25) is 0 Å². The normalized spacial score (nSPS) is 50.6. The number of aliphatic hydroxyl groups is 5. The molecule has 13 atom stereocenters. The molecule has 4 fully saturated rings. The van der Waals surface area contributed by atoms with E-state index < -0.39 is 80.8 Å². The van der Waals surface area contributed by atoms with Gasteiger partial charge in [-0.15, -0.1) is 0 Å². The highest BCUT2D eigenvalue weighted by Gasteiger charge is 2.86. The molecule has 0 aromatic carbocycles. The molecule has 4 saturated carbocycles. The highest BCUT2D eigenvalue weighted by atomic mass is 16.5. The summed E-state index contributed by atoms with van der Waals surface area (Å²) < 4.78 is 5.89. The predicted molar refractivity (Wildman–Crippen MR) is 174 cm³/mol. The number of hydrogen-bond acceptors (Lipinski definition) is 10. The molecule has 7 rings (SSSR count). The fraction of sp³-hybridized carbons (Fsp3) is 0.784. The van der Waals surface area contributed by atoms with Crippen LogP contribution in [0.3, 0.4) is 0 Å². The van der Waals surface area contributed by atoms with Gasteiger partial charge in [-0.3, -0.25) is 0 Å². The molecule has 0 unspecified atom stereocenters. The Morgan fingerprint density at radius 2 is 1.83 bits per heavy atom. The van der Waals surface area contributed by atoms with Crippen molar-refractivity contribution >= 4 is 12.3 Å². The Morgan fingerprint density at radius 3 is 2.51 bits per heavy atom. The average molecular weight is 655 g/mol. The minimum absolute atomic E-state index is 0.0533. The molecule has 0 radical (unpaired) electrons. The molecule has 1 aliphatic heterocycles. The summed E-state index contributed by atoms with van der Waals surface area (Å²) in [5, 5.41) is 69.0. The average Bonchev–Trinajstić information content (AvgIpc) is 3.50. The van der Waals surface area contributed by atoms with Crippen LogP contribution in [0.1, 0.15) is 65.7 Å². The number of ether oxygens (including phenoxy) is 1. The first-order valence-electron chi connectivity index (χ1n) is 17.8. The molecule has 0 amide bonds. The van der Waals surface area contributed by atoms with Gasteiger partial charge in [0.1, 0.15) is 18.0 Å². The van der Waals surface area contributed by atoms with Gasteiger partial charge in [0.25, 0.3) is 0 Å². The topological polar surface area (TPSA) is 169 Å². The van der Waals surface area contributed by atoms with Crippen molar-refractivity contribution in [1.82, 2.24) is 10.6 Å². The monoisotopic (exact) mass is 654 g/mol. The van der Waals surface area contributed by atoms with E-state index in [1.807, 2.05) is 26.1 Å². The Bertz CT molecular complexity index is 1410. The molecule has 260 valence electrons. The third-order valence-corrected chi connectivity index (χ3v) is 14.6. The molecule has 0 aromatic heterocycles. The third-order valence-electron chi connectivity index (χ3n) is 14.6. The first kappa shape index (κ1) is 33.6. The summed E-state index contributed by atoms with van der Waals surface area (Å²) >= 11 is 0. The highest BCUT2D eigenvalue weighted by Crippen LogP contribution is 2.80. The van der Waals surface area contributed by atoms with Gasteiger partial charge in [0.2, 0.25) is 0 Å². The standard InChI is InChI=1S/C37H54N2O8/c1-21(2)5-7-25-15-36(45)31-22(6-8-24-12-27(42)17-35(25,44)34(24,31)20-41)14-32(3)33(19-40)26(16-37(32,36)46)11-23(18-39-10-9-38-4)30-28(33)13-29(43)47-30/h6,8,11,13,20-22,24-27,30-31,38-40,42,44-46H,5,7,9-10,12,14-19H2,1-4H3/t22-,24+,25-,26+,27+,30+,31-,32-,33-,34-,35-,36+,37-/m1/s1. The Hall–Kier alpha value is -1.92. The van der Waals surface area contributed by atoms with Crippen LogP contribution >= 0.6 is 0 Å². The lowest BCUT2D eigenvalue weighted by molar-refractivity contribution is -0.353. The smallest absolute Gasteiger partial charge is 0.331 e. The van der Waals surface area contributed by atoms with Gasteiger partial charge in [-0.1, -0.05) is 45.4 Å². The molecule has 0 bridgehead atoms. The van der Waals surface area contributed by atoms with E-state index in [1.54, 1.807) is 0 Å². The minimum atomic E-state index is -1.80. The predicted octanol–water partition coefficient (Wildman–Crippen LogP) is 1.40. The number of rotatable bonds is 10. The molecule has 1 heterocycles. The first-order valence-corrected chi connectivity index (χ1v) is 17.8. The van der Waals surface area contributed by atoms with Gasteiger partial charge in [0, 0.05) is 48.9 Å². The Labute approximate surface area is 277 Å². The van der Waals surface area contributed by atoms with Crippen LogP contribution in [-0.2, 0) is 14.3 Å². The maximum Gasteiger partial charge on any atom is 0.331 e. The summed E-state index contributed by atoms with van der Waals surface area (Å²) in [5.74, 6) is -2.82. The summed E-state index contributed by atoms with van der Waals surface area (Å²) in [6.45, 7) is 7.72. The van der Waals surface area contributed by atoms with Crippen molar-refractivity contribution in [2.75, 3.05) is 33.3 Å². The quantitative estimate of drug-likeness (QED) is 0.0792. The summed E-state index contributed by atoms with van der Waals surface area (Å²) in [5.41, 5.74) is -7.25. The van der Waals surface area contributed by atoms with Gasteiger partial charge < -0.3 is 45.7 Å². The second kappa shape index (κ2) is 11.0. The summed E-state index contributed by atoms with van der Waals surface area (Å²) in [6.07, 6.45) is 9.10. The van der Waals surface area contributed by atoms with Crippen LogP contribution in [0.25, 0.3) is 0 Å². The Balaban J connectivity index is 1.41. The van der Waals surface area contributed by atoms with E-state index in [0.717, 1.165) is 24.8 Å². The zero-order chi connectivity index (χ0) is 33.8. The molecular weight excluding hydrogens is 600 g/mol. The number of nitrogens with one attached hydrogen (secondary N) is 2. The molecule has 6 aliphatic carbocycles. The highest BCUT2D eigenvalue weighted by molar-refractivity contribution is 5.87. The third kappa shape index (κ3) is 3.98. The van der Waals surface area contributed by atoms with Crippen LogP contribution in [0.5, 0.6) is 0 Å². The van der Waals surface area contributed by atoms with E-state index in [1.165, 1.54) is 6.08 Å². The SMILES string of the molecule is CNCCNCC1=C[C@H]2C[C@@]3(O)[C@](C)(C[C@H]4C=C[C@H]5C[C@H](O)C[C@@]6(O)[C@H](CCC(C)C)C[C@]3(O)[C@H]4[C@@]56C=O)[C@@]2(CO)C2=CC(=O)O[C@@H]12. The van der Waals surface area contributed by atoms with Gasteiger partial charge in [-0.2, -0.15) is 0 Å². The van der Waals surface area contributed by atoms with Crippen molar-refractivity contribution in [3.05, 3.63) is 35.5 Å². The van der Waals surface area contributed by atoms with E-state index in [2.05, 4.69) is 30.6 Å². The van der Waals surface area contributed by atoms with E-state index >= 15 is 0 Å². The van der Waals surface area contributed by atoms with E-state index in [9.17, 15) is 35.1 Å². The van der Waals surface area contributed by atoms with Crippen molar-refractivity contribution in [2.24, 2.45) is 51.8 Å². The second-order valence-electron chi connectivity index (χ2n) is 16.8. The maximum atomic E-state index is 13.7. The van der Waals surface area contributed by atoms with E-state index in [0.29, 0.717) is 43.8 Å². The van der Waals surface area contributed by atoms with Crippen molar-refractivity contribution < 1.29 is 39.9 Å². The molecule has 7 aliphatic rings. The van der Waals surface area contributed by atoms with Gasteiger partial charge in [0.15, 0.2) is 0 Å². The van der Waals surface area contributed by atoms with Crippen LogP contribution in [0, 0.1) is 51.8 Å². The van der Waals surface area contributed by atoms with Crippen molar-refractivity contribution in [3.8, 4) is 0 Å². The van der Waals surface area contributed by atoms with Crippen LogP contribution in [0.15, 0.2) is 35.5 Å². The van der Waals surface area contributed by atoms with Crippen molar-refractivity contribution in [1.29, 1.82) is 0 Å². The largest absolute Gasteiger partial charge is 0.450 e. The number of aldehydes is 1. The van der Waals surface area contributed by atoms with Crippen molar-refractivity contribution in [3.63, 3.8) is 0 Å². The molecular formula is C37H54N2O8. The molecule has 47 heavy (non-hydrogen) atoms. The van der Waals surface area contributed by atoms with Gasteiger partial charge in [-0.25, -0.2) is 4.79 Å². The molecule has 0 spiro atoms. The lowest BCUT2D eigenvalue weighted by Crippen LogP contribution is -2.83. The lowest BCUT2D eigenvalue weighted by Gasteiger charge is -2.74. The summed E-state index contributed by atoms with van der Waals surface area (Å²) in [4.78, 5) is 26.7. The maximum absolute atomic E-state index is 13.7. The second-order valence-corrected chi connectivity index (χ2v) is 16.8.